The summed E-state index contributed by atoms with van der Waals surface area (Å²) in [4.78, 5) is 17.1. The third-order valence-corrected chi connectivity index (χ3v) is 6.58. The van der Waals surface area contributed by atoms with Crippen molar-refractivity contribution in [1.29, 1.82) is 0 Å². The van der Waals surface area contributed by atoms with Crippen molar-refractivity contribution in [2.45, 2.75) is 19.9 Å². The van der Waals surface area contributed by atoms with E-state index in [4.69, 9.17) is 4.74 Å². The summed E-state index contributed by atoms with van der Waals surface area (Å²) >= 11 is 0. The lowest BCUT2D eigenvalue weighted by atomic mass is 10.2. The zero-order chi connectivity index (χ0) is 21.9. The second-order valence-corrected chi connectivity index (χ2v) is 9.42. The molecule has 3 rings (SSSR count). The van der Waals surface area contributed by atoms with E-state index in [9.17, 15) is 13.2 Å². The van der Waals surface area contributed by atoms with Crippen LogP contribution in [0.2, 0.25) is 0 Å². The van der Waals surface area contributed by atoms with Crippen LogP contribution in [-0.2, 0) is 14.8 Å². The van der Waals surface area contributed by atoms with Gasteiger partial charge in [0.05, 0.1) is 24.7 Å². The summed E-state index contributed by atoms with van der Waals surface area (Å²) in [7, 11) is -1.98. The zero-order valence-corrected chi connectivity index (χ0v) is 18.7. The molecule has 8 heteroatoms. The van der Waals surface area contributed by atoms with Crippen LogP contribution in [0.5, 0.6) is 5.75 Å². The molecule has 30 heavy (non-hydrogen) atoms. The van der Waals surface area contributed by atoms with Crippen molar-refractivity contribution in [2.24, 2.45) is 0 Å². The maximum absolute atomic E-state index is 13.2. The van der Waals surface area contributed by atoms with Crippen LogP contribution in [0.4, 0.5) is 11.4 Å². The summed E-state index contributed by atoms with van der Waals surface area (Å²) in [6, 6.07) is 14.2. The van der Waals surface area contributed by atoms with E-state index >= 15 is 0 Å². The highest BCUT2D eigenvalue weighted by Gasteiger charge is 2.33. The monoisotopic (exact) mass is 431 g/mol. The molecule has 1 amide bonds. The summed E-state index contributed by atoms with van der Waals surface area (Å²) in [5.74, 6) is 0.606. The molecule has 0 aliphatic carbocycles. The quantitative estimate of drug-likeness (QED) is 0.703. The second-order valence-electron chi connectivity index (χ2n) is 7.56. The molecule has 1 aliphatic rings. The fraction of sp³-hybridized carbons (Fsp3) is 0.409. The van der Waals surface area contributed by atoms with Gasteiger partial charge in [-0.05, 0) is 43.7 Å². The van der Waals surface area contributed by atoms with Crippen molar-refractivity contribution in [1.82, 2.24) is 4.90 Å². The number of amides is 1. The van der Waals surface area contributed by atoms with Crippen LogP contribution >= 0.6 is 0 Å². The number of rotatable bonds is 6. The second kappa shape index (κ2) is 8.95. The lowest BCUT2D eigenvalue weighted by molar-refractivity contribution is -0.132. The van der Waals surface area contributed by atoms with Crippen LogP contribution in [0.1, 0.15) is 12.5 Å². The predicted octanol–water partition coefficient (Wildman–Crippen LogP) is 2.51. The first-order valence-corrected chi connectivity index (χ1v) is 11.8. The number of ether oxygens (including phenoxy) is 1. The van der Waals surface area contributed by atoms with Gasteiger partial charge in [-0.2, -0.15) is 0 Å². The Balaban J connectivity index is 1.74. The number of sulfonamides is 1. The molecule has 0 spiro atoms. The van der Waals surface area contributed by atoms with Crippen molar-refractivity contribution in [2.75, 3.05) is 48.7 Å². The van der Waals surface area contributed by atoms with Crippen LogP contribution in [0, 0.1) is 6.92 Å². The molecule has 0 radical (unpaired) electrons. The van der Waals surface area contributed by atoms with Crippen LogP contribution in [0.25, 0.3) is 0 Å². The number of hydrogen-bond acceptors (Lipinski definition) is 5. The minimum Gasteiger partial charge on any atom is -0.495 e. The molecule has 0 saturated carbocycles. The van der Waals surface area contributed by atoms with Crippen molar-refractivity contribution in [3.63, 3.8) is 0 Å². The van der Waals surface area contributed by atoms with Crippen LogP contribution in [0.15, 0.2) is 48.5 Å². The highest BCUT2D eigenvalue weighted by atomic mass is 32.2. The van der Waals surface area contributed by atoms with Gasteiger partial charge in [-0.25, -0.2) is 8.42 Å². The van der Waals surface area contributed by atoms with Crippen molar-refractivity contribution in [3.05, 3.63) is 54.1 Å². The van der Waals surface area contributed by atoms with Crippen LogP contribution in [0.3, 0.4) is 0 Å². The lowest BCUT2D eigenvalue weighted by Gasteiger charge is -2.39. The first-order valence-electron chi connectivity index (χ1n) is 9.95. The lowest BCUT2D eigenvalue weighted by Crippen LogP contribution is -2.55. The molecular formula is C22H29N3O4S. The van der Waals surface area contributed by atoms with Crippen molar-refractivity contribution < 1.29 is 17.9 Å². The number of para-hydroxylation sites is 2. The highest BCUT2D eigenvalue weighted by molar-refractivity contribution is 7.92. The van der Waals surface area contributed by atoms with Gasteiger partial charge in [0.15, 0.2) is 0 Å². The van der Waals surface area contributed by atoms with Crippen molar-refractivity contribution in [3.8, 4) is 5.75 Å². The first kappa shape index (κ1) is 22.0. The van der Waals surface area contributed by atoms with Gasteiger partial charge in [0, 0.05) is 26.2 Å². The van der Waals surface area contributed by atoms with Gasteiger partial charge < -0.3 is 14.5 Å². The molecule has 0 unspecified atom stereocenters. The van der Waals surface area contributed by atoms with E-state index < -0.39 is 16.1 Å². The molecule has 0 N–H and O–H groups in total. The van der Waals surface area contributed by atoms with Gasteiger partial charge in [-0.3, -0.25) is 9.10 Å². The molecule has 162 valence electrons. The number of benzene rings is 2. The topological polar surface area (TPSA) is 70.2 Å². The summed E-state index contributed by atoms with van der Waals surface area (Å²) < 4.78 is 31.7. The molecular weight excluding hydrogens is 402 g/mol. The molecule has 1 atom stereocenters. The Labute approximate surface area is 178 Å². The molecule has 7 nitrogen and oxygen atoms in total. The first-order chi connectivity index (χ1) is 14.2. The minimum atomic E-state index is -3.62. The molecule has 0 bridgehead atoms. The summed E-state index contributed by atoms with van der Waals surface area (Å²) in [5.41, 5.74) is 2.44. The number of anilines is 2. The van der Waals surface area contributed by atoms with Gasteiger partial charge in [-0.15, -0.1) is 0 Å². The van der Waals surface area contributed by atoms with Gasteiger partial charge in [0.1, 0.15) is 11.8 Å². The smallest absolute Gasteiger partial charge is 0.246 e. The Morgan fingerprint density at radius 1 is 1.07 bits per heavy atom. The Morgan fingerprint density at radius 3 is 2.33 bits per heavy atom. The third-order valence-electron chi connectivity index (χ3n) is 5.34. The molecule has 1 aliphatic heterocycles. The highest BCUT2D eigenvalue weighted by Crippen LogP contribution is 2.29. The van der Waals surface area contributed by atoms with Crippen LogP contribution < -0.4 is 13.9 Å². The normalized spacial score (nSPS) is 15.6. The number of nitrogens with zero attached hydrogens (tertiary/aromatic N) is 3. The predicted molar refractivity (Wildman–Crippen MR) is 120 cm³/mol. The number of aryl methyl sites for hydroxylation is 1. The van der Waals surface area contributed by atoms with E-state index in [1.165, 1.54) is 4.31 Å². The molecule has 1 saturated heterocycles. The number of hydrogen-bond donors (Lipinski definition) is 0. The van der Waals surface area contributed by atoms with E-state index in [0.29, 0.717) is 31.9 Å². The van der Waals surface area contributed by atoms with Crippen LogP contribution in [-0.4, -0.2) is 64.8 Å². The summed E-state index contributed by atoms with van der Waals surface area (Å²) in [6.45, 7) is 5.90. The Kier molecular flexibility index (Phi) is 6.55. The standard InChI is InChI=1S/C22H29N3O4S/c1-17-8-7-9-19(16-17)25(30(4,27)28)18(2)22(26)24-14-12-23(13-15-24)20-10-5-6-11-21(20)29-3/h5-11,16,18H,12-15H2,1-4H3/t18-/m0/s1. The molecule has 0 aromatic heterocycles. The van der Waals surface area contributed by atoms with E-state index in [1.54, 1.807) is 37.1 Å². The number of carbonyl (C=O) groups excluding carboxylic acids is 1. The Morgan fingerprint density at radius 2 is 1.73 bits per heavy atom. The van der Waals surface area contributed by atoms with Crippen molar-refractivity contribution >= 4 is 27.3 Å². The van der Waals surface area contributed by atoms with E-state index in [1.807, 2.05) is 37.3 Å². The maximum atomic E-state index is 13.2. The number of carbonyl (C=O) groups is 1. The largest absolute Gasteiger partial charge is 0.495 e. The van der Waals surface area contributed by atoms with Gasteiger partial charge in [0.25, 0.3) is 0 Å². The zero-order valence-electron chi connectivity index (χ0n) is 17.9. The molecule has 2 aromatic rings. The third kappa shape index (κ3) is 4.70. The SMILES string of the molecule is COc1ccccc1N1CCN(C(=O)[C@H](C)N(c2cccc(C)c2)S(C)(=O)=O)CC1. The maximum Gasteiger partial charge on any atom is 0.246 e. The molecule has 2 aromatic carbocycles. The van der Waals surface area contributed by atoms with E-state index in [2.05, 4.69) is 4.90 Å². The number of methoxy groups -OCH3 is 1. The average molecular weight is 432 g/mol. The molecule has 1 fully saturated rings. The number of piperazine rings is 1. The Hall–Kier alpha value is -2.74. The average Bonchev–Trinajstić information content (AvgIpc) is 2.72. The fourth-order valence-electron chi connectivity index (χ4n) is 3.89. The Bertz CT molecular complexity index is 1000. The van der Waals surface area contributed by atoms with Gasteiger partial charge >= 0.3 is 0 Å². The molecule has 1 heterocycles. The summed E-state index contributed by atoms with van der Waals surface area (Å²) in [6.07, 6.45) is 1.14. The minimum absolute atomic E-state index is 0.193. The summed E-state index contributed by atoms with van der Waals surface area (Å²) in [5, 5.41) is 0. The van der Waals surface area contributed by atoms with Gasteiger partial charge in [0.2, 0.25) is 15.9 Å². The van der Waals surface area contributed by atoms with E-state index in [0.717, 1.165) is 23.3 Å². The van der Waals surface area contributed by atoms with E-state index in [-0.39, 0.29) is 5.91 Å². The van der Waals surface area contributed by atoms with Gasteiger partial charge in [-0.1, -0.05) is 24.3 Å². The fourth-order valence-corrected chi connectivity index (χ4v) is 5.05.